The van der Waals surface area contributed by atoms with Gasteiger partial charge in [-0.3, -0.25) is 0 Å². The van der Waals surface area contributed by atoms with E-state index < -0.39 is 0 Å². The molecule has 136 valence electrons. The minimum Gasteiger partial charge on any atom is -0.496 e. The molecule has 0 atom stereocenters. The molecule has 1 aliphatic rings. The Balaban J connectivity index is 0.000000240. The number of halogens is 1. The SMILES string of the molecule is CC(C)(C)OC(=O)NC1CCC1.COc1cc(F)ccc1C(C)C. The smallest absolute Gasteiger partial charge is 0.407 e. The van der Waals surface area contributed by atoms with Crippen molar-refractivity contribution in [1.82, 2.24) is 5.32 Å². The zero-order chi connectivity index (χ0) is 18.3. The lowest BCUT2D eigenvalue weighted by Gasteiger charge is -2.28. The maximum atomic E-state index is 12.7. The number of hydrogen-bond donors (Lipinski definition) is 1. The molecule has 0 radical (unpaired) electrons. The van der Waals surface area contributed by atoms with Crippen LogP contribution in [0.1, 0.15) is 65.4 Å². The Kier molecular flexibility index (Phi) is 7.52. The van der Waals surface area contributed by atoms with Crippen molar-refractivity contribution < 1.29 is 18.7 Å². The Morgan fingerprint density at radius 2 is 1.92 bits per heavy atom. The molecule has 1 aromatic carbocycles. The Labute approximate surface area is 144 Å². The van der Waals surface area contributed by atoms with Crippen LogP contribution in [0.25, 0.3) is 0 Å². The Hall–Kier alpha value is -1.78. The standard InChI is InChI=1S/C10H13FO.C9H17NO2/c1-7(2)9-5-4-8(11)6-10(9)12-3;1-9(2,3)12-8(11)10-7-5-4-6-7/h4-7H,1-3H3;7H,4-6H2,1-3H3,(H,10,11). The number of hydrogen-bond acceptors (Lipinski definition) is 3. The summed E-state index contributed by atoms with van der Waals surface area (Å²) in [4.78, 5) is 11.1. The summed E-state index contributed by atoms with van der Waals surface area (Å²) < 4.78 is 22.9. The van der Waals surface area contributed by atoms with E-state index >= 15 is 0 Å². The Morgan fingerprint density at radius 3 is 2.33 bits per heavy atom. The maximum absolute atomic E-state index is 12.7. The second-order valence-electron chi connectivity index (χ2n) is 7.32. The fraction of sp³-hybridized carbons (Fsp3) is 0.632. The third-order valence-corrected chi connectivity index (χ3v) is 3.64. The van der Waals surface area contributed by atoms with Crippen molar-refractivity contribution in [3.8, 4) is 5.75 Å². The molecular weight excluding hydrogens is 309 g/mol. The zero-order valence-electron chi connectivity index (χ0n) is 15.6. The molecule has 24 heavy (non-hydrogen) atoms. The van der Waals surface area contributed by atoms with Gasteiger partial charge in [0.05, 0.1) is 7.11 Å². The van der Waals surface area contributed by atoms with Crippen molar-refractivity contribution in [3.05, 3.63) is 29.6 Å². The topological polar surface area (TPSA) is 47.6 Å². The summed E-state index contributed by atoms with van der Waals surface area (Å²) in [5.41, 5.74) is 0.660. The summed E-state index contributed by atoms with van der Waals surface area (Å²) in [5, 5.41) is 2.81. The van der Waals surface area contributed by atoms with Gasteiger partial charge in [0, 0.05) is 12.1 Å². The lowest BCUT2D eigenvalue weighted by atomic mass is 9.93. The molecule has 1 aliphatic carbocycles. The van der Waals surface area contributed by atoms with E-state index in [2.05, 4.69) is 19.2 Å². The van der Waals surface area contributed by atoms with Crippen LogP contribution in [0.2, 0.25) is 0 Å². The van der Waals surface area contributed by atoms with Crippen molar-refractivity contribution in [2.24, 2.45) is 0 Å². The molecule has 1 fully saturated rings. The van der Waals surface area contributed by atoms with Gasteiger partial charge in [-0.1, -0.05) is 19.9 Å². The zero-order valence-corrected chi connectivity index (χ0v) is 15.6. The average molecular weight is 339 g/mol. The first-order valence-corrected chi connectivity index (χ1v) is 8.45. The van der Waals surface area contributed by atoms with Gasteiger partial charge in [0.1, 0.15) is 17.2 Å². The van der Waals surface area contributed by atoms with Crippen LogP contribution in [0.4, 0.5) is 9.18 Å². The molecule has 1 N–H and O–H groups in total. The lowest BCUT2D eigenvalue weighted by Crippen LogP contribution is -2.42. The van der Waals surface area contributed by atoms with Crippen molar-refractivity contribution in [2.75, 3.05) is 7.11 Å². The Bertz CT molecular complexity index is 534. The lowest BCUT2D eigenvalue weighted by molar-refractivity contribution is 0.0480. The van der Waals surface area contributed by atoms with E-state index in [1.54, 1.807) is 13.2 Å². The van der Waals surface area contributed by atoms with Crippen LogP contribution in [-0.2, 0) is 4.74 Å². The third kappa shape index (κ3) is 7.20. The summed E-state index contributed by atoms with van der Waals surface area (Å²) in [6.07, 6.45) is 3.13. The van der Waals surface area contributed by atoms with Crippen LogP contribution in [0.5, 0.6) is 5.75 Å². The fourth-order valence-electron chi connectivity index (χ4n) is 2.19. The predicted molar refractivity (Wildman–Crippen MR) is 94.0 cm³/mol. The number of benzene rings is 1. The maximum Gasteiger partial charge on any atom is 0.407 e. The quantitative estimate of drug-likeness (QED) is 0.841. The molecule has 0 aromatic heterocycles. The van der Waals surface area contributed by atoms with Gasteiger partial charge in [-0.25, -0.2) is 9.18 Å². The van der Waals surface area contributed by atoms with Crippen molar-refractivity contribution in [3.63, 3.8) is 0 Å². The van der Waals surface area contributed by atoms with E-state index in [1.165, 1.54) is 18.6 Å². The summed E-state index contributed by atoms with van der Waals surface area (Å²) >= 11 is 0. The van der Waals surface area contributed by atoms with Gasteiger partial charge in [-0.2, -0.15) is 0 Å². The van der Waals surface area contributed by atoms with Crippen LogP contribution in [0.3, 0.4) is 0 Å². The van der Waals surface area contributed by atoms with Crippen LogP contribution >= 0.6 is 0 Å². The van der Waals surface area contributed by atoms with E-state index in [9.17, 15) is 9.18 Å². The second-order valence-corrected chi connectivity index (χ2v) is 7.32. The highest BCUT2D eigenvalue weighted by atomic mass is 19.1. The molecule has 1 saturated carbocycles. The molecule has 0 aliphatic heterocycles. The monoisotopic (exact) mass is 339 g/mol. The highest BCUT2D eigenvalue weighted by Crippen LogP contribution is 2.26. The molecule has 4 nitrogen and oxygen atoms in total. The minimum absolute atomic E-state index is 0.253. The summed E-state index contributed by atoms with van der Waals surface area (Å²) in [6.45, 7) is 9.71. The second kappa shape index (κ2) is 8.90. The van der Waals surface area contributed by atoms with Crippen LogP contribution in [0, 0.1) is 5.82 Å². The van der Waals surface area contributed by atoms with E-state index in [0.717, 1.165) is 18.4 Å². The first-order chi connectivity index (χ1) is 11.1. The van der Waals surface area contributed by atoms with E-state index in [1.807, 2.05) is 20.8 Å². The van der Waals surface area contributed by atoms with Crippen LogP contribution in [0.15, 0.2) is 18.2 Å². The van der Waals surface area contributed by atoms with Crippen molar-refractivity contribution in [2.45, 2.75) is 71.4 Å². The number of methoxy groups -OCH3 is 1. The van der Waals surface area contributed by atoms with Crippen LogP contribution in [-0.4, -0.2) is 24.8 Å². The predicted octanol–water partition coefficient (Wildman–Crippen LogP) is 5.02. The number of ether oxygens (including phenoxy) is 2. The molecule has 0 spiro atoms. The normalized spacial score (nSPS) is 14.3. The van der Waals surface area contributed by atoms with Crippen molar-refractivity contribution >= 4 is 6.09 Å². The van der Waals surface area contributed by atoms with E-state index in [0.29, 0.717) is 17.7 Å². The largest absolute Gasteiger partial charge is 0.496 e. The summed E-state index contributed by atoms with van der Waals surface area (Å²) in [6, 6.07) is 4.99. The van der Waals surface area contributed by atoms with Gasteiger partial charge >= 0.3 is 6.09 Å². The molecular formula is C19H30FNO3. The third-order valence-electron chi connectivity index (χ3n) is 3.64. The molecule has 5 heteroatoms. The first-order valence-electron chi connectivity index (χ1n) is 8.45. The highest BCUT2D eigenvalue weighted by molar-refractivity contribution is 5.68. The van der Waals surface area contributed by atoms with Crippen LogP contribution < -0.4 is 10.1 Å². The molecule has 1 amide bonds. The fourth-order valence-corrected chi connectivity index (χ4v) is 2.19. The summed E-state index contributed by atoms with van der Waals surface area (Å²) in [5.74, 6) is 0.738. The van der Waals surface area contributed by atoms with E-state index in [-0.39, 0.29) is 17.5 Å². The molecule has 0 bridgehead atoms. The number of nitrogens with one attached hydrogen (secondary N) is 1. The van der Waals surface area contributed by atoms with Gasteiger partial charge in [0.2, 0.25) is 0 Å². The molecule has 0 unspecified atom stereocenters. The van der Waals surface area contributed by atoms with Crippen molar-refractivity contribution in [1.29, 1.82) is 0 Å². The highest BCUT2D eigenvalue weighted by Gasteiger charge is 2.22. The number of carbonyl (C=O) groups is 1. The number of alkyl carbamates (subject to hydrolysis) is 1. The first kappa shape index (κ1) is 20.3. The van der Waals surface area contributed by atoms with E-state index in [4.69, 9.17) is 9.47 Å². The number of rotatable bonds is 3. The van der Waals surface area contributed by atoms with Gasteiger partial charge in [0.25, 0.3) is 0 Å². The van der Waals surface area contributed by atoms with Gasteiger partial charge < -0.3 is 14.8 Å². The molecule has 2 rings (SSSR count). The molecule has 0 heterocycles. The Morgan fingerprint density at radius 1 is 1.29 bits per heavy atom. The summed E-state index contributed by atoms with van der Waals surface area (Å²) in [7, 11) is 1.56. The minimum atomic E-state index is -0.381. The van der Waals surface area contributed by atoms with Gasteiger partial charge in [-0.15, -0.1) is 0 Å². The van der Waals surface area contributed by atoms with Gasteiger partial charge in [0.15, 0.2) is 0 Å². The molecule has 1 aromatic rings. The molecule has 0 saturated heterocycles. The number of amides is 1. The average Bonchev–Trinajstić information content (AvgIpc) is 2.41. The van der Waals surface area contributed by atoms with Gasteiger partial charge in [-0.05, 0) is 57.6 Å². The number of carbonyl (C=O) groups excluding carboxylic acids is 1.